The zero-order chi connectivity index (χ0) is 10.5. The summed E-state index contributed by atoms with van der Waals surface area (Å²) in [4.78, 5) is 12.6. The smallest absolute Gasteiger partial charge is 0.130 e. The number of rotatable bonds is 3. The van der Waals surface area contributed by atoms with Crippen LogP contribution in [0.25, 0.3) is 11.3 Å². The van der Waals surface area contributed by atoms with E-state index in [9.17, 15) is 0 Å². The zero-order valence-electron chi connectivity index (χ0n) is 8.71. The number of pyridine rings is 1. The molecule has 2 N–H and O–H groups in total. The molecule has 0 atom stereocenters. The van der Waals surface area contributed by atoms with Crippen LogP contribution in [-0.2, 0) is 6.42 Å². The summed E-state index contributed by atoms with van der Waals surface area (Å²) >= 11 is 0. The Morgan fingerprint density at radius 3 is 2.75 bits per heavy atom. The van der Waals surface area contributed by atoms with Gasteiger partial charge in [-0.05, 0) is 24.7 Å². The third-order valence-electron chi connectivity index (χ3n) is 2.03. The first-order valence-corrected chi connectivity index (χ1v) is 4.82. The predicted octanol–water partition coefficient (Wildman–Crippen LogP) is 1.46. The Balaban J connectivity index is 0.00000128. The van der Waals surface area contributed by atoms with Gasteiger partial charge in [0.15, 0.2) is 0 Å². The highest BCUT2D eigenvalue weighted by atomic mass is 35.5. The molecule has 0 aliphatic rings. The second-order valence-corrected chi connectivity index (χ2v) is 3.14. The molecule has 84 valence electrons. The Hall–Kier alpha value is -1.52. The molecule has 0 spiro atoms. The molecule has 0 bridgehead atoms. The standard InChI is InChI=1S/C11H12N4.ClH/c12-5-3-11-14-7-4-10(15-11)9-2-1-6-13-8-9;/h1-2,4,6-8H,3,5,12H2;1H. The Kier molecular flexibility index (Phi) is 4.82. The van der Waals surface area contributed by atoms with E-state index in [1.807, 2.05) is 18.2 Å². The molecule has 0 aliphatic carbocycles. The lowest BCUT2D eigenvalue weighted by molar-refractivity contribution is 0.869. The first-order valence-electron chi connectivity index (χ1n) is 4.82. The normalized spacial score (nSPS) is 9.56. The number of aromatic nitrogens is 3. The van der Waals surface area contributed by atoms with Gasteiger partial charge in [0, 0.05) is 30.6 Å². The van der Waals surface area contributed by atoms with Crippen molar-refractivity contribution in [3.63, 3.8) is 0 Å². The first kappa shape index (κ1) is 12.5. The van der Waals surface area contributed by atoms with Crippen molar-refractivity contribution in [3.8, 4) is 11.3 Å². The van der Waals surface area contributed by atoms with Gasteiger partial charge in [0.1, 0.15) is 5.82 Å². The molecule has 0 radical (unpaired) electrons. The largest absolute Gasteiger partial charge is 0.330 e. The lowest BCUT2D eigenvalue weighted by Gasteiger charge is -2.01. The molecular formula is C11H13ClN4. The van der Waals surface area contributed by atoms with E-state index in [1.54, 1.807) is 18.6 Å². The van der Waals surface area contributed by atoms with Crippen molar-refractivity contribution in [3.05, 3.63) is 42.6 Å². The van der Waals surface area contributed by atoms with E-state index in [0.717, 1.165) is 17.1 Å². The van der Waals surface area contributed by atoms with Crippen LogP contribution in [0, 0.1) is 0 Å². The Labute approximate surface area is 100 Å². The molecule has 0 aliphatic heterocycles. The molecule has 2 rings (SSSR count). The average Bonchev–Trinajstić information content (AvgIpc) is 2.31. The van der Waals surface area contributed by atoms with Crippen molar-refractivity contribution in [2.24, 2.45) is 5.73 Å². The highest BCUT2D eigenvalue weighted by Crippen LogP contribution is 2.14. The van der Waals surface area contributed by atoms with Crippen LogP contribution >= 0.6 is 12.4 Å². The maximum absolute atomic E-state index is 5.46. The van der Waals surface area contributed by atoms with Crippen molar-refractivity contribution in [1.29, 1.82) is 0 Å². The molecule has 2 heterocycles. The van der Waals surface area contributed by atoms with Gasteiger partial charge in [-0.3, -0.25) is 4.98 Å². The predicted molar refractivity (Wildman–Crippen MR) is 65.3 cm³/mol. The van der Waals surface area contributed by atoms with Crippen LogP contribution in [0.1, 0.15) is 5.82 Å². The molecule has 16 heavy (non-hydrogen) atoms. The Morgan fingerprint density at radius 1 is 1.19 bits per heavy atom. The monoisotopic (exact) mass is 236 g/mol. The van der Waals surface area contributed by atoms with Gasteiger partial charge in [-0.2, -0.15) is 0 Å². The lowest BCUT2D eigenvalue weighted by atomic mass is 10.2. The molecular weight excluding hydrogens is 224 g/mol. The fraction of sp³-hybridized carbons (Fsp3) is 0.182. The van der Waals surface area contributed by atoms with Gasteiger partial charge in [0.2, 0.25) is 0 Å². The Bertz CT molecular complexity index is 433. The fourth-order valence-electron chi connectivity index (χ4n) is 1.32. The third-order valence-corrected chi connectivity index (χ3v) is 2.03. The van der Waals surface area contributed by atoms with Crippen molar-refractivity contribution < 1.29 is 0 Å². The maximum atomic E-state index is 5.46. The summed E-state index contributed by atoms with van der Waals surface area (Å²) in [5, 5.41) is 0. The molecule has 0 amide bonds. The van der Waals surface area contributed by atoms with Gasteiger partial charge in [0.05, 0.1) is 5.69 Å². The van der Waals surface area contributed by atoms with E-state index < -0.39 is 0 Å². The number of nitrogens with zero attached hydrogens (tertiary/aromatic N) is 3. The van der Waals surface area contributed by atoms with Crippen molar-refractivity contribution in [2.45, 2.75) is 6.42 Å². The van der Waals surface area contributed by atoms with Gasteiger partial charge in [-0.25, -0.2) is 9.97 Å². The van der Waals surface area contributed by atoms with E-state index in [4.69, 9.17) is 5.73 Å². The van der Waals surface area contributed by atoms with E-state index in [-0.39, 0.29) is 12.4 Å². The van der Waals surface area contributed by atoms with E-state index in [1.165, 1.54) is 0 Å². The van der Waals surface area contributed by atoms with Crippen molar-refractivity contribution >= 4 is 12.4 Å². The summed E-state index contributed by atoms with van der Waals surface area (Å²) in [6, 6.07) is 5.73. The van der Waals surface area contributed by atoms with Crippen LogP contribution in [0.3, 0.4) is 0 Å². The number of halogens is 1. The second-order valence-electron chi connectivity index (χ2n) is 3.14. The highest BCUT2D eigenvalue weighted by molar-refractivity contribution is 5.85. The summed E-state index contributed by atoms with van der Waals surface area (Å²) < 4.78 is 0. The van der Waals surface area contributed by atoms with Crippen molar-refractivity contribution in [2.75, 3.05) is 6.54 Å². The summed E-state index contributed by atoms with van der Waals surface area (Å²) in [5.41, 5.74) is 7.35. The topological polar surface area (TPSA) is 64.7 Å². The minimum atomic E-state index is 0. The zero-order valence-corrected chi connectivity index (χ0v) is 9.52. The molecule has 0 saturated carbocycles. The van der Waals surface area contributed by atoms with Gasteiger partial charge in [-0.15, -0.1) is 12.4 Å². The van der Waals surface area contributed by atoms with Gasteiger partial charge in [-0.1, -0.05) is 0 Å². The molecule has 0 unspecified atom stereocenters. The molecule has 0 fully saturated rings. The molecule has 0 saturated heterocycles. The van der Waals surface area contributed by atoms with Crippen LogP contribution < -0.4 is 5.73 Å². The summed E-state index contributed by atoms with van der Waals surface area (Å²) in [7, 11) is 0. The van der Waals surface area contributed by atoms with E-state index in [2.05, 4.69) is 15.0 Å². The quantitative estimate of drug-likeness (QED) is 0.877. The second kappa shape index (κ2) is 6.15. The van der Waals surface area contributed by atoms with Gasteiger partial charge in [0.25, 0.3) is 0 Å². The van der Waals surface area contributed by atoms with Gasteiger partial charge < -0.3 is 5.73 Å². The van der Waals surface area contributed by atoms with Crippen LogP contribution in [-0.4, -0.2) is 21.5 Å². The Morgan fingerprint density at radius 2 is 2.06 bits per heavy atom. The number of hydrogen-bond donors (Lipinski definition) is 1. The summed E-state index contributed by atoms with van der Waals surface area (Å²) in [6.07, 6.45) is 5.98. The van der Waals surface area contributed by atoms with Gasteiger partial charge >= 0.3 is 0 Å². The van der Waals surface area contributed by atoms with Crippen LogP contribution in [0.4, 0.5) is 0 Å². The number of nitrogens with two attached hydrogens (primary N) is 1. The van der Waals surface area contributed by atoms with Crippen LogP contribution in [0.15, 0.2) is 36.8 Å². The SMILES string of the molecule is Cl.NCCc1nccc(-c2cccnc2)n1. The lowest BCUT2D eigenvalue weighted by Crippen LogP contribution is -2.06. The summed E-state index contributed by atoms with van der Waals surface area (Å²) in [6.45, 7) is 0.566. The minimum Gasteiger partial charge on any atom is -0.330 e. The maximum Gasteiger partial charge on any atom is 0.130 e. The number of hydrogen-bond acceptors (Lipinski definition) is 4. The van der Waals surface area contributed by atoms with E-state index >= 15 is 0 Å². The molecule has 0 aromatic carbocycles. The highest BCUT2D eigenvalue weighted by Gasteiger charge is 2.00. The van der Waals surface area contributed by atoms with Crippen LogP contribution in [0.5, 0.6) is 0 Å². The average molecular weight is 237 g/mol. The minimum absolute atomic E-state index is 0. The molecule has 5 heteroatoms. The van der Waals surface area contributed by atoms with Crippen LogP contribution in [0.2, 0.25) is 0 Å². The molecule has 2 aromatic rings. The van der Waals surface area contributed by atoms with Crippen molar-refractivity contribution in [1.82, 2.24) is 15.0 Å². The first-order chi connectivity index (χ1) is 7.40. The third kappa shape index (κ3) is 2.98. The molecule has 4 nitrogen and oxygen atoms in total. The fourth-order valence-corrected chi connectivity index (χ4v) is 1.32. The molecule has 2 aromatic heterocycles. The summed E-state index contributed by atoms with van der Waals surface area (Å²) in [5.74, 6) is 0.777. The van der Waals surface area contributed by atoms with E-state index in [0.29, 0.717) is 13.0 Å².